The fourth-order valence-electron chi connectivity index (χ4n) is 3.14. The average Bonchev–Trinajstić information content (AvgIpc) is 2.82. The van der Waals surface area contributed by atoms with Gasteiger partial charge in [0.05, 0.1) is 6.54 Å². The first-order chi connectivity index (χ1) is 9.84. The third kappa shape index (κ3) is 4.72. The molecule has 1 aromatic heterocycles. The summed E-state index contributed by atoms with van der Waals surface area (Å²) in [6, 6.07) is 0. The number of rotatable bonds is 4. The number of amides is 1. The van der Waals surface area contributed by atoms with Crippen LogP contribution >= 0.6 is 0 Å². The molecular formula is C15H26N4O2. The van der Waals surface area contributed by atoms with E-state index in [1.54, 1.807) is 0 Å². The van der Waals surface area contributed by atoms with Crippen molar-refractivity contribution in [1.82, 2.24) is 20.5 Å². The first-order valence-corrected chi connectivity index (χ1v) is 7.75. The lowest BCUT2D eigenvalue weighted by atomic mass is 9.69. The smallest absolute Gasteiger partial charge is 0.340 e. The van der Waals surface area contributed by atoms with Crippen LogP contribution in [0, 0.1) is 17.3 Å². The summed E-state index contributed by atoms with van der Waals surface area (Å²) in [7, 11) is 0. The molecule has 6 heteroatoms. The van der Waals surface area contributed by atoms with Gasteiger partial charge in [-0.25, -0.2) is 9.89 Å². The van der Waals surface area contributed by atoms with Gasteiger partial charge in [0, 0.05) is 6.42 Å². The minimum Gasteiger partial charge on any atom is -0.349 e. The number of aromatic amines is 2. The van der Waals surface area contributed by atoms with E-state index >= 15 is 0 Å². The molecule has 1 aromatic rings. The largest absolute Gasteiger partial charge is 0.349 e. The monoisotopic (exact) mass is 294 g/mol. The number of carbonyl (C=O) groups excluding carboxylic acids is 1. The van der Waals surface area contributed by atoms with Crippen LogP contribution in [-0.4, -0.2) is 21.1 Å². The Balaban J connectivity index is 1.71. The number of H-pyrrole nitrogens is 2. The molecule has 0 radical (unpaired) electrons. The Morgan fingerprint density at radius 2 is 1.95 bits per heavy atom. The van der Waals surface area contributed by atoms with E-state index in [-0.39, 0.29) is 18.1 Å². The van der Waals surface area contributed by atoms with E-state index in [0.29, 0.717) is 23.6 Å². The lowest BCUT2D eigenvalue weighted by Gasteiger charge is -2.36. The molecule has 118 valence electrons. The number of hydrogen-bond acceptors (Lipinski definition) is 3. The fraction of sp³-hybridized carbons (Fsp3) is 0.800. The van der Waals surface area contributed by atoms with Crippen molar-refractivity contribution in [1.29, 1.82) is 0 Å². The van der Waals surface area contributed by atoms with E-state index in [4.69, 9.17) is 0 Å². The molecular weight excluding hydrogens is 268 g/mol. The Bertz CT molecular complexity index is 518. The van der Waals surface area contributed by atoms with Crippen LogP contribution < -0.4 is 11.0 Å². The molecule has 0 atom stereocenters. The molecule has 2 rings (SSSR count). The van der Waals surface area contributed by atoms with Crippen molar-refractivity contribution < 1.29 is 4.79 Å². The quantitative estimate of drug-likeness (QED) is 0.792. The lowest BCUT2D eigenvalue weighted by molar-refractivity contribution is -0.122. The molecule has 0 aromatic carbocycles. The van der Waals surface area contributed by atoms with E-state index in [1.807, 2.05) is 0 Å². The highest BCUT2D eigenvalue weighted by molar-refractivity contribution is 5.76. The molecule has 0 spiro atoms. The highest BCUT2D eigenvalue weighted by Crippen LogP contribution is 2.40. The first kappa shape index (κ1) is 15.8. The number of hydrogen-bond donors (Lipinski definition) is 3. The minimum atomic E-state index is -0.347. The summed E-state index contributed by atoms with van der Waals surface area (Å²) in [4.78, 5) is 25.3. The zero-order valence-corrected chi connectivity index (χ0v) is 13.2. The molecule has 1 heterocycles. The van der Waals surface area contributed by atoms with E-state index in [2.05, 4.69) is 41.3 Å². The summed E-state index contributed by atoms with van der Waals surface area (Å²) in [6.45, 7) is 7.18. The van der Waals surface area contributed by atoms with Gasteiger partial charge in [-0.2, -0.15) is 5.10 Å². The predicted molar refractivity (Wildman–Crippen MR) is 80.6 cm³/mol. The van der Waals surface area contributed by atoms with Crippen LogP contribution in [-0.2, 0) is 11.3 Å². The van der Waals surface area contributed by atoms with Crippen LogP contribution in [0.3, 0.4) is 0 Å². The molecule has 1 amide bonds. The molecule has 1 aliphatic carbocycles. The summed E-state index contributed by atoms with van der Waals surface area (Å²) < 4.78 is 0. The van der Waals surface area contributed by atoms with Crippen LogP contribution in [0.4, 0.5) is 0 Å². The van der Waals surface area contributed by atoms with Crippen molar-refractivity contribution in [2.24, 2.45) is 17.3 Å². The maximum Gasteiger partial charge on any atom is 0.340 e. The van der Waals surface area contributed by atoms with Gasteiger partial charge in [0.15, 0.2) is 0 Å². The van der Waals surface area contributed by atoms with Gasteiger partial charge in [-0.3, -0.25) is 9.78 Å². The molecule has 1 fully saturated rings. The molecule has 1 saturated carbocycles. The Labute approximate surface area is 125 Å². The number of aromatic nitrogens is 3. The highest BCUT2D eigenvalue weighted by Gasteiger charge is 2.30. The van der Waals surface area contributed by atoms with Gasteiger partial charge < -0.3 is 5.32 Å². The number of nitrogens with one attached hydrogen (secondary N) is 3. The highest BCUT2D eigenvalue weighted by atomic mass is 16.2. The Kier molecular flexibility index (Phi) is 4.85. The maximum atomic E-state index is 11.9. The molecule has 21 heavy (non-hydrogen) atoms. The summed E-state index contributed by atoms with van der Waals surface area (Å²) >= 11 is 0. The second kappa shape index (κ2) is 6.45. The summed E-state index contributed by atoms with van der Waals surface area (Å²) in [5.41, 5.74) is 0.0266. The molecule has 0 aliphatic heterocycles. The van der Waals surface area contributed by atoms with E-state index in [0.717, 1.165) is 18.8 Å². The minimum absolute atomic E-state index is 0.0399. The molecule has 0 saturated heterocycles. The maximum absolute atomic E-state index is 11.9. The number of nitrogens with zero attached hydrogens (tertiary/aromatic N) is 1. The topological polar surface area (TPSA) is 90.6 Å². The molecule has 0 unspecified atom stereocenters. The molecule has 3 N–H and O–H groups in total. The van der Waals surface area contributed by atoms with E-state index in [1.165, 1.54) is 12.8 Å². The first-order valence-electron chi connectivity index (χ1n) is 7.75. The zero-order valence-electron chi connectivity index (χ0n) is 13.2. The number of carbonyl (C=O) groups is 1. The van der Waals surface area contributed by atoms with Crippen molar-refractivity contribution in [2.45, 2.75) is 59.4 Å². The van der Waals surface area contributed by atoms with Crippen LogP contribution in [0.2, 0.25) is 0 Å². The van der Waals surface area contributed by atoms with Crippen molar-refractivity contribution in [3.8, 4) is 0 Å². The lowest BCUT2D eigenvalue weighted by Crippen LogP contribution is -2.30. The predicted octanol–water partition coefficient (Wildman–Crippen LogP) is 1.96. The molecule has 6 nitrogen and oxygen atoms in total. The fourth-order valence-corrected chi connectivity index (χ4v) is 3.14. The van der Waals surface area contributed by atoms with Crippen LogP contribution in [0.15, 0.2) is 4.79 Å². The van der Waals surface area contributed by atoms with Gasteiger partial charge >= 0.3 is 5.69 Å². The Hall–Kier alpha value is -1.59. The van der Waals surface area contributed by atoms with Gasteiger partial charge in [-0.1, -0.05) is 20.8 Å². The second-order valence-electron chi connectivity index (χ2n) is 7.19. The molecule has 0 bridgehead atoms. The van der Waals surface area contributed by atoms with Crippen molar-refractivity contribution in [3.05, 3.63) is 16.3 Å². The van der Waals surface area contributed by atoms with Crippen LogP contribution in [0.5, 0.6) is 0 Å². The van der Waals surface area contributed by atoms with Crippen LogP contribution in [0.1, 0.15) is 58.7 Å². The van der Waals surface area contributed by atoms with Gasteiger partial charge in [0.2, 0.25) is 5.91 Å². The van der Waals surface area contributed by atoms with E-state index in [9.17, 15) is 9.59 Å². The van der Waals surface area contributed by atoms with E-state index < -0.39 is 0 Å². The standard InChI is InChI=1S/C15H26N4O2/c1-15(2,3)11-6-4-10(5-7-11)8-13(20)16-9-12-17-14(21)19-18-12/h10-11H,4-9H2,1-3H3,(H,16,20)(H2,17,18,19,21). The summed E-state index contributed by atoms with van der Waals surface area (Å²) in [5.74, 6) is 1.76. The van der Waals surface area contributed by atoms with Gasteiger partial charge in [-0.15, -0.1) is 0 Å². The van der Waals surface area contributed by atoms with Crippen LogP contribution in [0.25, 0.3) is 0 Å². The van der Waals surface area contributed by atoms with Crippen molar-refractivity contribution >= 4 is 5.91 Å². The third-order valence-electron chi connectivity index (χ3n) is 4.55. The SMILES string of the molecule is CC(C)(C)C1CCC(CC(=O)NCc2n[nH]c(=O)[nH]2)CC1. The average molecular weight is 294 g/mol. The molecule has 1 aliphatic rings. The Morgan fingerprint density at radius 1 is 1.29 bits per heavy atom. The van der Waals surface area contributed by atoms with Gasteiger partial charge in [0.25, 0.3) is 0 Å². The Morgan fingerprint density at radius 3 is 2.48 bits per heavy atom. The normalized spacial score (nSPS) is 23.0. The van der Waals surface area contributed by atoms with Crippen molar-refractivity contribution in [3.63, 3.8) is 0 Å². The second-order valence-corrected chi connectivity index (χ2v) is 7.19. The van der Waals surface area contributed by atoms with Gasteiger partial charge in [0.1, 0.15) is 5.82 Å². The van der Waals surface area contributed by atoms with Crippen molar-refractivity contribution in [2.75, 3.05) is 0 Å². The van der Waals surface area contributed by atoms with Gasteiger partial charge in [-0.05, 0) is 42.9 Å². The zero-order chi connectivity index (χ0) is 15.5. The summed E-state index contributed by atoms with van der Waals surface area (Å²) in [6.07, 6.45) is 5.27. The summed E-state index contributed by atoms with van der Waals surface area (Å²) in [5, 5.41) is 8.85. The third-order valence-corrected chi connectivity index (χ3v) is 4.55.